The quantitative estimate of drug-likeness (QED) is 0.0557. The van der Waals surface area contributed by atoms with Gasteiger partial charge in [-0.15, -0.1) is 0 Å². The van der Waals surface area contributed by atoms with Crippen LogP contribution in [0.25, 0.3) is 0 Å². The van der Waals surface area contributed by atoms with E-state index in [1.807, 2.05) is 4.90 Å². The van der Waals surface area contributed by atoms with Crippen LogP contribution in [0.15, 0.2) is 0 Å². The van der Waals surface area contributed by atoms with E-state index in [4.69, 9.17) is 4.74 Å². The minimum atomic E-state index is -0.0602. The number of amides is 1. The summed E-state index contributed by atoms with van der Waals surface area (Å²) in [7, 11) is 0. The normalized spacial score (nSPS) is 12.0. The standard InChI is InChI=1S/C31H60BrNO3/c1-4-6-8-18-26-33(30(34)24-25-32)27-19-15-17-23-31(35)36-28-20-14-12-10-9-11-13-16-22-29(3)21-7-5-2/h29H,4-28H2,1-3H3. The number of carbonyl (C=O) groups excluding carboxylic acids is 2. The van der Waals surface area contributed by atoms with E-state index >= 15 is 0 Å². The van der Waals surface area contributed by atoms with Crippen molar-refractivity contribution in [3.8, 4) is 0 Å². The van der Waals surface area contributed by atoms with Crippen LogP contribution in [-0.4, -0.2) is 41.8 Å². The van der Waals surface area contributed by atoms with Crippen molar-refractivity contribution in [3.05, 3.63) is 0 Å². The fourth-order valence-electron chi connectivity index (χ4n) is 4.69. The molecule has 0 rings (SSSR count). The van der Waals surface area contributed by atoms with E-state index in [0.717, 1.165) is 62.9 Å². The molecule has 0 aromatic rings. The van der Waals surface area contributed by atoms with Crippen LogP contribution in [0.2, 0.25) is 0 Å². The van der Waals surface area contributed by atoms with Crippen LogP contribution in [0.1, 0.15) is 156 Å². The van der Waals surface area contributed by atoms with Crippen molar-refractivity contribution in [1.29, 1.82) is 0 Å². The molecule has 0 aliphatic carbocycles. The van der Waals surface area contributed by atoms with E-state index < -0.39 is 0 Å². The lowest BCUT2D eigenvalue weighted by molar-refractivity contribution is -0.144. The van der Waals surface area contributed by atoms with E-state index in [1.54, 1.807) is 0 Å². The molecule has 0 heterocycles. The summed E-state index contributed by atoms with van der Waals surface area (Å²) in [5.74, 6) is 1.09. The van der Waals surface area contributed by atoms with Crippen molar-refractivity contribution >= 4 is 27.8 Å². The fraction of sp³-hybridized carbons (Fsp3) is 0.935. The molecule has 0 fully saturated rings. The van der Waals surface area contributed by atoms with Crippen molar-refractivity contribution in [3.63, 3.8) is 0 Å². The van der Waals surface area contributed by atoms with Crippen molar-refractivity contribution in [2.45, 2.75) is 156 Å². The molecule has 0 spiro atoms. The molecule has 0 aliphatic rings. The Morgan fingerprint density at radius 1 is 0.667 bits per heavy atom. The summed E-state index contributed by atoms with van der Waals surface area (Å²) in [5.41, 5.74) is 0. The molecule has 214 valence electrons. The van der Waals surface area contributed by atoms with Crippen molar-refractivity contribution in [2.24, 2.45) is 5.92 Å². The van der Waals surface area contributed by atoms with Crippen molar-refractivity contribution in [2.75, 3.05) is 25.0 Å². The minimum Gasteiger partial charge on any atom is -0.466 e. The number of carbonyl (C=O) groups is 2. The van der Waals surface area contributed by atoms with Crippen LogP contribution < -0.4 is 0 Å². The van der Waals surface area contributed by atoms with Gasteiger partial charge in [0, 0.05) is 31.3 Å². The third-order valence-electron chi connectivity index (χ3n) is 7.16. The van der Waals surface area contributed by atoms with Crippen LogP contribution >= 0.6 is 15.9 Å². The van der Waals surface area contributed by atoms with Crippen LogP contribution in [0.4, 0.5) is 0 Å². The first-order chi connectivity index (χ1) is 17.5. The summed E-state index contributed by atoms with van der Waals surface area (Å²) in [6.45, 7) is 9.14. The van der Waals surface area contributed by atoms with Gasteiger partial charge >= 0.3 is 5.97 Å². The number of rotatable bonds is 27. The summed E-state index contributed by atoms with van der Waals surface area (Å²) < 4.78 is 5.42. The Labute approximate surface area is 233 Å². The highest BCUT2D eigenvalue weighted by molar-refractivity contribution is 9.09. The lowest BCUT2D eigenvalue weighted by Crippen LogP contribution is -2.33. The summed E-state index contributed by atoms with van der Waals surface area (Å²) >= 11 is 3.38. The fourth-order valence-corrected chi connectivity index (χ4v) is 5.03. The topological polar surface area (TPSA) is 46.6 Å². The first-order valence-electron chi connectivity index (χ1n) is 15.5. The zero-order chi connectivity index (χ0) is 26.7. The molecule has 0 radical (unpaired) electrons. The van der Waals surface area contributed by atoms with Crippen LogP contribution in [-0.2, 0) is 14.3 Å². The van der Waals surface area contributed by atoms with Gasteiger partial charge in [-0.3, -0.25) is 9.59 Å². The molecule has 1 unspecified atom stereocenters. The van der Waals surface area contributed by atoms with E-state index in [2.05, 4.69) is 36.7 Å². The van der Waals surface area contributed by atoms with E-state index in [-0.39, 0.29) is 11.9 Å². The van der Waals surface area contributed by atoms with Gasteiger partial charge in [0.1, 0.15) is 0 Å². The smallest absolute Gasteiger partial charge is 0.305 e. The molecule has 4 nitrogen and oxygen atoms in total. The molecule has 0 saturated carbocycles. The van der Waals surface area contributed by atoms with Crippen LogP contribution in [0, 0.1) is 5.92 Å². The van der Waals surface area contributed by atoms with Gasteiger partial charge in [0.15, 0.2) is 0 Å². The number of halogens is 1. The third-order valence-corrected chi connectivity index (χ3v) is 7.55. The number of unbranched alkanes of at least 4 members (excludes halogenated alkanes) is 13. The van der Waals surface area contributed by atoms with Crippen molar-refractivity contribution in [1.82, 2.24) is 4.90 Å². The average molecular weight is 575 g/mol. The molecule has 0 aromatic carbocycles. The van der Waals surface area contributed by atoms with Crippen molar-refractivity contribution < 1.29 is 14.3 Å². The number of alkyl halides is 1. The molecular weight excluding hydrogens is 514 g/mol. The Kier molecular flexibility index (Phi) is 27.0. The molecule has 36 heavy (non-hydrogen) atoms. The van der Waals surface area contributed by atoms with E-state index in [0.29, 0.717) is 19.4 Å². The highest BCUT2D eigenvalue weighted by Crippen LogP contribution is 2.17. The van der Waals surface area contributed by atoms with Gasteiger partial charge in [0.05, 0.1) is 6.61 Å². The molecule has 0 aliphatic heterocycles. The zero-order valence-electron chi connectivity index (χ0n) is 24.3. The Morgan fingerprint density at radius 3 is 1.81 bits per heavy atom. The van der Waals surface area contributed by atoms with Gasteiger partial charge in [0.2, 0.25) is 5.91 Å². The van der Waals surface area contributed by atoms with Gasteiger partial charge in [0.25, 0.3) is 0 Å². The minimum absolute atomic E-state index is 0.0602. The molecule has 1 atom stereocenters. The summed E-state index contributed by atoms with van der Waals surface area (Å²) in [6, 6.07) is 0. The third kappa shape index (κ3) is 23.8. The maximum absolute atomic E-state index is 12.3. The van der Waals surface area contributed by atoms with Crippen LogP contribution in [0.3, 0.4) is 0 Å². The number of hydrogen-bond donors (Lipinski definition) is 0. The Balaban J connectivity index is 3.59. The van der Waals surface area contributed by atoms with Gasteiger partial charge in [-0.25, -0.2) is 0 Å². The van der Waals surface area contributed by atoms with Gasteiger partial charge in [-0.1, -0.05) is 133 Å². The highest BCUT2D eigenvalue weighted by atomic mass is 79.9. The second kappa shape index (κ2) is 27.5. The second-order valence-electron chi connectivity index (χ2n) is 10.8. The first-order valence-corrected chi connectivity index (χ1v) is 16.7. The van der Waals surface area contributed by atoms with Gasteiger partial charge in [-0.2, -0.15) is 0 Å². The Bertz CT molecular complexity index is 500. The number of nitrogens with zero attached hydrogens (tertiary/aromatic N) is 1. The molecule has 0 aromatic heterocycles. The van der Waals surface area contributed by atoms with E-state index in [1.165, 1.54) is 83.5 Å². The summed E-state index contributed by atoms with van der Waals surface area (Å²) in [4.78, 5) is 26.3. The summed E-state index contributed by atoms with van der Waals surface area (Å²) in [6.07, 6.45) is 24.3. The lowest BCUT2D eigenvalue weighted by Gasteiger charge is -2.22. The van der Waals surface area contributed by atoms with Gasteiger partial charge in [-0.05, 0) is 31.6 Å². The maximum Gasteiger partial charge on any atom is 0.305 e. The molecule has 0 saturated heterocycles. The molecule has 0 bridgehead atoms. The lowest BCUT2D eigenvalue weighted by atomic mass is 9.97. The maximum atomic E-state index is 12.3. The molecule has 1 amide bonds. The predicted octanol–water partition coefficient (Wildman–Crippen LogP) is 9.62. The zero-order valence-corrected chi connectivity index (χ0v) is 25.9. The highest BCUT2D eigenvalue weighted by Gasteiger charge is 2.12. The van der Waals surface area contributed by atoms with E-state index in [9.17, 15) is 9.59 Å². The first kappa shape index (κ1) is 35.4. The molecule has 0 N–H and O–H groups in total. The Morgan fingerprint density at radius 2 is 1.19 bits per heavy atom. The largest absolute Gasteiger partial charge is 0.466 e. The SMILES string of the molecule is CCCCCCN(CCCCCC(=O)OCCCCCCCCCCC(C)CCCC)C(=O)CCBr. The summed E-state index contributed by atoms with van der Waals surface area (Å²) in [5, 5.41) is 0.724. The second-order valence-corrected chi connectivity index (χ2v) is 11.6. The van der Waals surface area contributed by atoms with Crippen LogP contribution in [0.5, 0.6) is 0 Å². The molecular formula is C31H60BrNO3. The number of hydrogen-bond acceptors (Lipinski definition) is 3. The Hall–Kier alpha value is -0.580. The number of esters is 1. The molecule has 5 heteroatoms. The van der Waals surface area contributed by atoms with Gasteiger partial charge < -0.3 is 9.64 Å². The number of ether oxygens (including phenoxy) is 1. The average Bonchev–Trinajstić information content (AvgIpc) is 2.87. The predicted molar refractivity (Wildman–Crippen MR) is 159 cm³/mol. The monoisotopic (exact) mass is 573 g/mol.